The van der Waals surface area contributed by atoms with E-state index in [1.807, 2.05) is 18.9 Å². The van der Waals surface area contributed by atoms with Crippen LogP contribution in [0.3, 0.4) is 0 Å². The van der Waals surface area contributed by atoms with E-state index in [9.17, 15) is 24.4 Å². The fourth-order valence-electron chi connectivity index (χ4n) is 7.95. The van der Waals surface area contributed by atoms with Crippen LogP contribution in [0.25, 0.3) is 0 Å². The molecule has 0 spiro atoms. The molecule has 0 radical (unpaired) electrons. The summed E-state index contributed by atoms with van der Waals surface area (Å²) in [4.78, 5) is 58.1. The molecular weight excluding hydrogens is 646 g/mol. The van der Waals surface area contributed by atoms with Gasteiger partial charge in [0.25, 0.3) is 0 Å². The van der Waals surface area contributed by atoms with Gasteiger partial charge in [0.15, 0.2) is 29.8 Å². The summed E-state index contributed by atoms with van der Waals surface area (Å²) in [6.07, 6.45) is -0.0997. The van der Waals surface area contributed by atoms with Gasteiger partial charge in [0, 0.05) is 48.0 Å². The molecule has 50 heavy (non-hydrogen) atoms. The summed E-state index contributed by atoms with van der Waals surface area (Å²) in [5.74, 6) is -0.298. The highest BCUT2D eigenvalue weighted by molar-refractivity contribution is 6.25. The maximum absolute atomic E-state index is 14.1. The number of hydrogen-bond donors (Lipinski definition) is 2. The number of carbonyl (C=O) groups excluding carboxylic acids is 4. The second-order valence-corrected chi connectivity index (χ2v) is 14.2. The van der Waals surface area contributed by atoms with Crippen molar-refractivity contribution in [3.63, 3.8) is 0 Å². The SMILES string of the molecule is COCOc1c(OC)c(C)cc2c1C1C3CC4=C(C(=O)C(OC)=C(C)C4=O)[C@H](CNC(=O)[C@H](C)NC(=O)OC(C)(C)C)N3[C@@H](C#N)[C@@H](C2)N1C. The molecule has 2 amide bonds. The highest BCUT2D eigenvalue weighted by Crippen LogP contribution is 2.54. The van der Waals surface area contributed by atoms with Crippen molar-refractivity contribution in [2.45, 2.75) is 96.2 Å². The number of ketones is 2. The molecular formula is C36H47N5O9. The number of nitriles is 1. The molecule has 270 valence electrons. The van der Waals surface area contributed by atoms with Gasteiger partial charge in [-0.1, -0.05) is 6.07 Å². The minimum absolute atomic E-state index is 0.0302. The Labute approximate surface area is 292 Å². The molecule has 14 nitrogen and oxygen atoms in total. The largest absolute Gasteiger partial charge is 0.493 e. The van der Waals surface area contributed by atoms with Crippen LogP contribution in [0.1, 0.15) is 63.8 Å². The molecule has 0 saturated carbocycles. The first-order chi connectivity index (χ1) is 23.6. The molecule has 1 aromatic carbocycles. The van der Waals surface area contributed by atoms with Crippen LogP contribution in [0.5, 0.6) is 11.5 Å². The van der Waals surface area contributed by atoms with E-state index in [2.05, 4.69) is 27.7 Å². The van der Waals surface area contributed by atoms with E-state index in [-0.39, 0.29) is 48.5 Å². The zero-order chi connectivity index (χ0) is 36.8. The lowest BCUT2D eigenvalue weighted by atomic mass is 9.69. The lowest BCUT2D eigenvalue weighted by Gasteiger charge is -2.60. The predicted octanol–water partition coefficient (Wildman–Crippen LogP) is 2.63. The van der Waals surface area contributed by atoms with E-state index < -0.39 is 53.6 Å². The first kappa shape index (κ1) is 36.8. The number of nitrogens with zero attached hydrogens (tertiary/aromatic N) is 3. The van der Waals surface area contributed by atoms with Crippen LogP contribution in [0.15, 0.2) is 28.5 Å². The number of aryl methyl sites for hydroxylation is 1. The van der Waals surface area contributed by atoms with Gasteiger partial charge in [0.2, 0.25) is 11.7 Å². The molecule has 2 unspecified atom stereocenters. The number of rotatable bonds is 9. The van der Waals surface area contributed by atoms with Crippen LogP contribution in [0, 0.1) is 18.3 Å². The third-order valence-corrected chi connectivity index (χ3v) is 9.96. The molecule has 1 saturated heterocycles. The Kier molecular flexibility index (Phi) is 10.3. The summed E-state index contributed by atoms with van der Waals surface area (Å²) in [7, 11) is 6.41. The van der Waals surface area contributed by atoms with Gasteiger partial charge in [-0.3, -0.25) is 24.2 Å². The Morgan fingerprint density at radius 1 is 1.06 bits per heavy atom. The number of nitrogens with one attached hydrogen (secondary N) is 2. The van der Waals surface area contributed by atoms with Crippen LogP contribution in [0.4, 0.5) is 4.79 Å². The summed E-state index contributed by atoms with van der Waals surface area (Å²) in [6, 6.07) is 0.775. The molecule has 4 aliphatic rings. The molecule has 2 bridgehead atoms. The van der Waals surface area contributed by atoms with E-state index in [4.69, 9.17) is 23.7 Å². The van der Waals surface area contributed by atoms with Crippen molar-refractivity contribution in [3.05, 3.63) is 45.2 Å². The molecule has 3 heterocycles. The van der Waals surface area contributed by atoms with E-state index in [1.165, 1.54) is 21.1 Å². The fourth-order valence-corrected chi connectivity index (χ4v) is 7.95. The quantitative estimate of drug-likeness (QED) is 0.287. The number of ether oxygens (including phenoxy) is 5. The Morgan fingerprint density at radius 2 is 1.76 bits per heavy atom. The van der Waals surface area contributed by atoms with Crippen LogP contribution < -0.4 is 20.1 Å². The van der Waals surface area contributed by atoms with E-state index in [0.29, 0.717) is 23.5 Å². The van der Waals surface area contributed by atoms with Gasteiger partial charge < -0.3 is 34.3 Å². The van der Waals surface area contributed by atoms with Gasteiger partial charge >= 0.3 is 6.09 Å². The predicted molar refractivity (Wildman–Crippen MR) is 180 cm³/mol. The summed E-state index contributed by atoms with van der Waals surface area (Å²) in [6.45, 7) is 10.0. The van der Waals surface area contributed by atoms with Gasteiger partial charge in [-0.05, 0) is 72.6 Å². The van der Waals surface area contributed by atoms with Crippen molar-refractivity contribution in [2.24, 2.45) is 0 Å². The van der Waals surface area contributed by atoms with Gasteiger partial charge in [0.1, 0.15) is 17.7 Å². The summed E-state index contributed by atoms with van der Waals surface area (Å²) >= 11 is 0. The highest BCUT2D eigenvalue weighted by Gasteiger charge is 2.58. The molecule has 1 aromatic rings. The van der Waals surface area contributed by atoms with Gasteiger partial charge in [0.05, 0.1) is 32.4 Å². The molecule has 14 heteroatoms. The Balaban J connectivity index is 1.62. The second kappa shape index (κ2) is 14.0. The first-order valence-corrected chi connectivity index (χ1v) is 16.7. The summed E-state index contributed by atoms with van der Waals surface area (Å²) in [5, 5.41) is 16.2. The number of alkyl carbamates (subject to hydrolysis) is 1. The van der Waals surface area contributed by atoms with Crippen molar-refractivity contribution in [1.29, 1.82) is 5.26 Å². The Hall–Kier alpha value is -4.45. The minimum atomic E-state index is -0.986. The maximum Gasteiger partial charge on any atom is 0.408 e. The standard InChI is InChI=1S/C36H47N5O9/c1-17-11-20-12-22-24(14-37)41-23(28(40(22)7)26(20)33(31(17)47-9)49-16-46-8)13-21-27(30(43)32(48-10)18(2)29(21)42)25(41)15-38-34(44)19(3)39-35(45)50-36(4,5)6/h11,19,22-25,28H,12-13,15-16H2,1-10H3,(H,38,44)(H,39,45)/t19-,22+,23?,24-,25-,28?/m0/s1. The second-order valence-electron chi connectivity index (χ2n) is 14.2. The van der Waals surface area contributed by atoms with Gasteiger partial charge in [-0.15, -0.1) is 0 Å². The van der Waals surface area contributed by atoms with Crippen LogP contribution >= 0.6 is 0 Å². The fraction of sp³-hybridized carbons (Fsp3) is 0.583. The minimum Gasteiger partial charge on any atom is -0.493 e. The van der Waals surface area contributed by atoms with E-state index in [1.54, 1.807) is 34.8 Å². The zero-order valence-electron chi connectivity index (χ0n) is 30.4. The number of likely N-dealkylation sites (N-methyl/N-ethyl adjacent to an activating group) is 1. The van der Waals surface area contributed by atoms with Crippen molar-refractivity contribution < 1.29 is 42.9 Å². The average molecular weight is 694 g/mol. The molecule has 0 aromatic heterocycles. The normalized spacial score (nSPS) is 25.5. The van der Waals surface area contributed by atoms with E-state index >= 15 is 0 Å². The number of hydrogen-bond acceptors (Lipinski definition) is 12. The number of benzene rings is 1. The third-order valence-electron chi connectivity index (χ3n) is 9.96. The molecule has 1 aliphatic carbocycles. The maximum atomic E-state index is 14.1. The lowest BCUT2D eigenvalue weighted by Crippen LogP contribution is -2.71. The molecule has 1 fully saturated rings. The highest BCUT2D eigenvalue weighted by atomic mass is 16.7. The molecule has 3 aliphatic heterocycles. The van der Waals surface area contributed by atoms with Crippen LogP contribution in [-0.4, -0.2) is 111 Å². The van der Waals surface area contributed by atoms with Crippen molar-refractivity contribution in [2.75, 3.05) is 41.7 Å². The van der Waals surface area contributed by atoms with Gasteiger partial charge in [-0.25, -0.2) is 4.79 Å². The van der Waals surface area contributed by atoms with E-state index in [0.717, 1.165) is 16.7 Å². The number of carbonyl (C=O) groups is 4. The molecule has 6 atom stereocenters. The Morgan fingerprint density at radius 3 is 2.36 bits per heavy atom. The van der Waals surface area contributed by atoms with Crippen molar-refractivity contribution in [3.8, 4) is 17.6 Å². The van der Waals surface area contributed by atoms with Gasteiger partial charge in [-0.2, -0.15) is 5.26 Å². The lowest BCUT2D eigenvalue weighted by molar-refractivity contribution is -0.125. The van der Waals surface area contributed by atoms with Crippen LogP contribution in [0.2, 0.25) is 0 Å². The smallest absolute Gasteiger partial charge is 0.408 e. The van der Waals surface area contributed by atoms with Crippen molar-refractivity contribution >= 4 is 23.6 Å². The number of amides is 2. The van der Waals surface area contributed by atoms with Crippen LogP contribution in [-0.2, 0) is 35.0 Å². The topological polar surface area (TPSA) is 169 Å². The number of methoxy groups -OCH3 is 3. The number of piperazine rings is 1. The number of Topliss-reactive ketones (excluding diaryl/α,β-unsaturated/α-hetero) is 2. The Bertz CT molecular complexity index is 1700. The summed E-state index contributed by atoms with van der Waals surface area (Å²) < 4.78 is 28.1. The molecule has 5 rings (SSSR count). The number of allylic oxidation sites excluding steroid dienone is 2. The molecule has 2 N–H and O–H groups in total. The monoisotopic (exact) mass is 693 g/mol. The number of fused-ring (bicyclic) bond motifs is 6. The summed E-state index contributed by atoms with van der Waals surface area (Å²) in [5.41, 5.74) is 2.68. The third kappa shape index (κ3) is 6.34. The zero-order valence-corrected chi connectivity index (χ0v) is 30.4. The average Bonchev–Trinajstić information content (AvgIpc) is 3.04. The van der Waals surface area contributed by atoms with Crippen molar-refractivity contribution in [1.82, 2.24) is 20.4 Å². The first-order valence-electron chi connectivity index (χ1n) is 16.7.